The molecule has 0 unspecified atom stereocenters. The molecule has 0 bridgehead atoms. The van der Waals surface area contributed by atoms with E-state index in [1.807, 2.05) is 6.92 Å². The van der Waals surface area contributed by atoms with Gasteiger partial charge in [-0.25, -0.2) is 14.2 Å². The summed E-state index contributed by atoms with van der Waals surface area (Å²) in [5.41, 5.74) is 0.580. The Hall–Kier alpha value is -2.70. The van der Waals surface area contributed by atoms with E-state index in [2.05, 4.69) is 15.3 Å². The van der Waals surface area contributed by atoms with Crippen molar-refractivity contribution in [2.24, 2.45) is 0 Å². The van der Waals surface area contributed by atoms with Crippen molar-refractivity contribution in [3.8, 4) is 5.88 Å². The molecule has 2 aromatic rings. The Balaban J connectivity index is 1.49. The monoisotopic (exact) mass is 330 g/mol. The largest absolute Gasteiger partial charge is 0.474 e. The van der Waals surface area contributed by atoms with Crippen molar-refractivity contribution in [1.29, 1.82) is 0 Å². The number of aryl methyl sites for hydroxylation is 1. The third kappa shape index (κ3) is 4.18. The van der Waals surface area contributed by atoms with Gasteiger partial charge < -0.3 is 15.0 Å². The highest BCUT2D eigenvalue weighted by atomic mass is 19.1. The van der Waals surface area contributed by atoms with Crippen LogP contribution in [0.4, 0.5) is 14.9 Å². The molecule has 0 saturated carbocycles. The zero-order chi connectivity index (χ0) is 16.9. The van der Waals surface area contributed by atoms with Gasteiger partial charge in [-0.15, -0.1) is 0 Å². The smallest absolute Gasteiger partial charge is 0.321 e. The maximum absolute atomic E-state index is 12.9. The number of hydrogen-bond acceptors (Lipinski definition) is 4. The van der Waals surface area contributed by atoms with Crippen LogP contribution in [0.15, 0.2) is 36.5 Å². The molecule has 2 heterocycles. The van der Waals surface area contributed by atoms with E-state index >= 15 is 0 Å². The van der Waals surface area contributed by atoms with Crippen molar-refractivity contribution in [2.75, 3.05) is 18.4 Å². The van der Waals surface area contributed by atoms with E-state index in [-0.39, 0.29) is 18.0 Å². The molecule has 3 rings (SSSR count). The molecular weight excluding hydrogens is 311 g/mol. The summed E-state index contributed by atoms with van der Waals surface area (Å²) in [5, 5.41) is 2.77. The second kappa shape index (κ2) is 7.25. The number of amides is 2. The van der Waals surface area contributed by atoms with E-state index in [1.54, 1.807) is 29.3 Å². The van der Waals surface area contributed by atoms with Gasteiger partial charge >= 0.3 is 6.03 Å². The number of nitrogens with one attached hydrogen (secondary N) is 1. The zero-order valence-corrected chi connectivity index (χ0v) is 13.4. The Kier molecular flexibility index (Phi) is 4.88. The van der Waals surface area contributed by atoms with E-state index in [0.29, 0.717) is 30.5 Å². The van der Waals surface area contributed by atoms with Gasteiger partial charge in [-0.05, 0) is 31.2 Å². The standard InChI is InChI=1S/C17H19FN4O2/c1-12-19-9-6-16(20-12)24-15-7-10-22(11-8-15)17(23)21-14-4-2-13(18)3-5-14/h2-6,9,15H,7-8,10-11H2,1H3,(H,21,23). The molecule has 0 aliphatic carbocycles. The zero-order valence-electron chi connectivity index (χ0n) is 13.4. The fourth-order valence-electron chi connectivity index (χ4n) is 2.58. The summed E-state index contributed by atoms with van der Waals surface area (Å²) in [5.74, 6) is 0.909. The van der Waals surface area contributed by atoms with E-state index in [0.717, 1.165) is 12.8 Å². The second-order valence-electron chi connectivity index (χ2n) is 5.68. The molecule has 126 valence electrons. The average Bonchev–Trinajstić information content (AvgIpc) is 2.57. The van der Waals surface area contributed by atoms with Gasteiger partial charge in [0.2, 0.25) is 5.88 Å². The molecule has 1 N–H and O–H groups in total. The van der Waals surface area contributed by atoms with Crippen LogP contribution in [0.5, 0.6) is 5.88 Å². The summed E-state index contributed by atoms with van der Waals surface area (Å²) in [4.78, 5) is 22.2. The molecule has 1 aliphatic rings. The number of benzene rings is 1. The van der Waals surface area contributed by atoms with Gasteiger partial charge in [0, 0.05) is 43.9 Å². The Morgan fingerprint density at radius 1 is 1.25 bits per heavy atom. The maximum Gasteiger partial charge on any atom is 0.321 e. The van der Waals surface area contributed by atoms with Crippen molar-refractivity contribution in [1.82, 2.24) is 14.9 Å². The molecule has 24 heavy (non-hydrogen) atoms. The van der Waals surface area contributed by atoms with Crippen LogP contribution in [0.3, 0.4) is 0 Å². The van der Waals surface area contributed by atoms with Gasteiger partial charge in [0.05, 0.1) is 0 Å². The van der Waals surface area contributed by atoms with Gasteiger partial charge in [0.1, 0.15) is 17.7 Å². The van der Waals surface area contributed by atoms with Crippen molar-refractivity contribution < 1.29 is 13.9 Å². The van der Waals surface area contributed by atoms with E-state index < -0.39 is 0 Å². The van der Waals surface area contributed by atoms with Crippen LogP contribution in [-0.4, -0.2) is 40.1 Å². The fraction of sp³-hybridized carbons (Fsp3) is 0.353. The molecule has 2 amide bonds. The number of aromatic nitrogens is 2. The van der Waals surface area contributed by atoms with Crippen molar-refractivity contribution >= 4 is 11.7 Å². The molecule has 0 spiro atoms. The number of ether oxygens (including phenoxy) is 1. The highest BCUT2D eigenvalue weighted by Crippen LogP contribution is 2.18. The predicted molar refractivity (Wildman–Crippen MR) is 87.4 cm³/mol. The molecule has 1 saturated heterocycles. The third-order valence-corrected chi connectivity index (χ3v) is 3.86. The van der Waals surface area contributed by atoms with Crippen LogP contribution in [-0.2, 0) is 0 Å². The first-order chi connectivity index (χ1) is 11.6. The van der Waals surface area contributed by atoms with Crippen LogP contribution in [0.1, 0.15) is 18.7 Å². The number of halogens is 1. The first-order valence-electron chi connectivity index (χ1n) is 7.88. The minimum absolute atomic E-state index is 0.0363. The minimum atomic E-state index is -0.328. The maximum atomic E-state index is 12.9. The third-order valence-electron chi connectivity index (χ3n) is 3.86. The lowest BCUT2D eigenvalue weighted by atomic mass is 10.1. The Bertz CT molecular complexity index is 700. The van der Waals surface area contributed by atoms with Gasteiger partial charge in [-0.3, -0.25) is 0 Å². The van der Waals surface area contributed by atoms with Crippen LogP contribution in [0.2, 0.25) is 0 Å². The Morgan fingerprint density at radius 3 is 2.62 bits per heavy atom. The first-order valence-corrected chi connectivity index (χ1v) is 7.88. The fourth-order valence-corrected chi connectivity index (χ4v) is 2.58. The molecule has 7 heteroatoms. The number of likely N-dealkylation sites (tertiary alicyclic amines) is 1. The molecular formula is C17H19FN4O2. The number of piperidine rings is 1. The first kappa shape index (κ1) is 16.2. The Morgan fingerprint density at radius 2 is 1.96 bits per heavy atom. The summed E-state index contributed by atoms with van der Waals surface area (Å²) < 4.78 is 18.7. The predicted octanol–water partition coefficient (Wildman–Crippen LogP) is 3.00. The summed E-state index contributed by atoms with van der Waals surface area (Å²) in [6.07, 6.45) is 3.18. The van der Waals surface area contributed by atoms with E-state index in [9.17, 15) is 9.18 Å². The quantitative estimate of drug-likeness (QED) is 0.939. The SMILES string of the molecule is Cc1nccc(OC2CCN(C(=O)Nc3ccc(F)cc3)CC2)n1. The lowest BCUT2D eigenvalue weighted by Gasteiger charge is -2.31. The normalized spacial score (nSPS) is 15.2. The number of hydrogen-bond donors (Lipinski definition) is 1. The second-order valence-corrected chi connectivity index (χ2v) is 5.68. The lowest BCUT2D eigenvalue weighted by molar-refractivity contribution is 0.111. The molecule has 1 aromatic heterocycles. The van der Waals surface area contributed by atoms with E-state index in [4.69, 9.17) is 4.74 Å². The van der Waals surface area contributed by atoms with Crippen molar-refractivity contribution in [3.63, 3.8) is 0 Å². The highest BCUT2D eigenvalue weighted by Gasteiger charge is 2.24. The topological polar surface area (TPSA) is 67.3 Å². The van der Waals surface area contributed by atoms with E-state index in [1.165, 1.54) is 12.1 Å². The number of carbonyl (C=O) groups is 1. The highest BCUT2D eigenvalue weighted by molar-refractivity contribution is 5.89. The minimum Gasteiger partial charge on any atom is -0.474 e. The molecule has 1 fully saturated rings. The molecule has 1 aromatic carbocycles. The van der Waals surface area contributed by atoms with Crippen molar-refractivity contribution in [2.45, 2.75) is 25.9 Å². The number of carbonyl (C=O) groups excluding carboxylic acids is 1. The Labute approximate surface area is 139 Å². The summed E-state index contributed by atoms with van der Waals surface area (Å²) >= 11 is 0. The van der Waals surface area contributed by atoms with Crippen LogP contribution in [0, 0.1) is 12.7 Å². The number of urea groups is 1. The van der Waals surface area contributed by atoms with Gasteiger partial charge in [-0.2, -0.15) is 4.98 Å². The number of nitrogens with zero attached hydrogens (tertiary/aromatic N) is 3. The van der Waals surface area contributed by atoms with Crippen molar-refractivity contribution in [3.05, 3.63) is 48.2 Å². The molecule has 0 atom stereocenters. The van der Waals surface area contributed by atoms with Gasteiger partial charge in [0.15, 0.2) is 0 Å². The molecule has 1 aliphatic heterocycles. The van der Waals surface area contributed by atoms with Gasteiger partial charge in [0.25, 0.3) is 0 Å². The van der Waals surface area contributed by atoms with Gasteiger partial charge in [-0.1, -0.05) is 0 Å². The van der Waals surface area contributed by atoms with Crippen LogP contribution in [0.25, 0.3) is 0 Å². The summed E-state index contributed by atoms with van der Waals surface area (Å²) in [7, 11) is 0. The lowest BCUT2D eigenvalue weighted by Crippen LogP contribution is -2.43. The molecule has 0 radical (unpaired) electrons. The van der Waals surface area contributed by atoms with Crippen LogP contribution < -0.4 is 10.1 Å². The number of rotatable bonds is 3. The van der Waals surface area contributed by atoms with Crippen LogP contribution >= 0.6 is 0 Å². The average molecular weight is 330 g/mol. The number of anilines is 1. The molecule has 6 nitrogen and oxygen atoms in total. The summed E-state index contributed by atoms with van der Waals surface area (Å²) in [6.45, 7) is 3.01. The summed E-state index contributed by atoms with van der Waals surface area (Å²) in [6, 6.07) is 7.28.